The summed E-state index contributed by atoms with van der Waals surface area (Å²) >= 11 is 0. The van der Waals surface area contributed by atoms with E-state index in [9.17, 15) is 19.8 Å². The number of aryl methyl sites for hydroxylation is 1. The highest BCUT2D eigenvalue weighted by atomic mass is 16.4. The van der Waals surface area contributed by atoms with Crippen LogP contribution < -0.4 is 0 Å². The van der Waals surface area contributed by atoms with Crippen LogP contribution in [0.3, 0.4) is 0 Å². The maximum atomic E-state index is 11.5. The molecule has 1 saturated carbocycles. The number of carboxylic acid groups (broad SMARTS) is 2. The van der Waals surface area contributed by atoms with Gasteiger partial charge in [-0.3, -0.25) is 4.99 Å². The molecule has 0 amide bonds. The minimum atomic E-state index is -1.17. The molecule has 1 fully saturated rings. The van der Waals surface area contributed by atoms with Crippen molar-refractivity contribution in [3.8, 4) is 5.69 Å². The fourth-order valence-corrected chi connectivity index (χ4v) is 4.72. The van der Waals surface area contributed by atoms with Gasteiger partial charge in [-0.05, 0) is 74.6 Å². The van der Waals surface area contributed by atoms with Crippen molar-refractivity contribution in [3.63, 3.8) is 0 Å². The summed E-state index contributed by atoms with van der Waals surface area (Å²) in [4.78, 5) is 27.6. The average Bonchev–Trinajstić information content (AvgIpc) is 3.11. The van der Waals surface area contributed by atoms with Gasteiger partial charge in [0.25, 0.3) is 0 Å². The van der Waals surface area contributed by atoms with Crippen molar-refractivity contribution in [2.24, 2.45) is 4.99 Å². The van der Waals surface area contributed by atoms with E-state index < -0.39 is 11.9 Å². The quantitative estimate of drug-likeness (QED) is 0.437. The van der Waals surface area contributed by atoms with E-state index in [1.165, 1.54) is 55.9 Å². The number of nitrogens with zero attached hydrogens (tertiary/aromatic N) is 2. The molecule has 6 heteroatoms. The van der Waals surface area contributed by atoms with Gasteiger partial charge < -0.3 is 14.8 Å². The van der Waals surface area contributed by atoms with Crippen LogP contribution in [0.2, 0.25) is 0 Å². The standard InChI is InChI=1S/C27H28N2O4/c1-17-12-23(16-28-24-10-8-20(9-11-24)19-6-4-3-5-7-19)18(2)29(17)25-14-21(26(30)31)13-22(15-25)27(32)33/h8-16,19H,3-7H2,1-2H3,(H,30,31)(H,32,33). The molecule has 2 aromatic carbocycles. The van der Waals surface area contributed by atoms with Gasteiger partial charge in [-0.2, -0.15) is 0 Å². The van der Waals surface area contributed by atoms with Crippen molar-refractivity contribution in [2.75, 3.05) is 0 Å². The van der Waals surface area contributed by atoms with Crippen LogP contribution in [-0.4, -0.2) is 32.9 Å². The van der Waals surface area contributed by atoms with Crippen molar-refractivity contribution in [1.82, 2.24) is 4.57 Å². The zero-order chi connectivity index (χ0) is 23.5. The van der Waals surface area contributed by atoms with Crippen molar-refractivity contribution in [2.45, 2.75) is 51.9 Å². The predicted octanol–water partition coefficient (Wildman–Crippen LogP) is 6.29. The molecule has 170 valence electrons. The number of aliphatic imine (C=N–C) groups is 1. The molecule has 6 nitrogen and oxygen atoms in total. The van der Waals surface area contributed by atoms with Gasteiger partial charge in [-0.25, -0.2) is 9.59 Å². The third-order valence-electron chi connectivity index (χ3n) is 6.46. The summed E-state index contributed by atoms with van der Waals surface area (Å²) < 4.78 is 1.85. The van der Waals surface area contributed by atoms with Crippen LogP contribution in [0, 0.1) is 13.8 Å². The lowest BCUT2D eigenvalue weighted by molar-refractivity contribution is 0.0696. The van der Waals surface area contributed by atoms with Crippen molar-refractivity contribution < 1.29 is 19.8 Å². The first kappa shape index (κ1) is 22.5. The Balaban J connectivity index is 1.61. The number of aromatic nitrogens is 1. The number of carboxylic acids is 2. The molecule has 3 aromatic rings. The molecule has 0 saturated heterocycles. The summed E-state index contributed by atoms with van der Waals surface area (Å²) in [5, 5.41) is 18.8. The maximum absolute atomic E-state index is 11.5. The van der Waals surface area contributed by atoms with E-state index in [2.05, 4.69) is 29.3 Å². The number of aromatic carboxylic acids is 2. The minimum absolute atomic E-state index is 0.0642. The lowest BCUT2D eigenvalue weighted by Crippen LogP contribution is -2.07. The molecule has 33 heavy (non-hydrogen) atoms. The Morgan fingerprint density at radius 1 is 0.909 bits per heavy atom. The van der Waals surface area contributed by atoms with Crippen LogP contribution >= 0.6 is 0 Å². The van der Waals surface area contributed by atoms with Gasteiger partial charge in [-0.15, -0.1) is 0 Å². The molecule has 0 aliphatic heterocycles. The van der Waals surface area contributed by atoms with Gasteiger partial charge in [0.1, 0.15) is 0 Å². The number of carbonyl (C=O) groups is 2. The van der Waals surface area contributed by atoms with E-state index in [0.717, 1.165) is 22.6 Å². The highest BCUT2D eigenvalue weighted by Crippen LogP contribution is 2.33. The van der Waals surface area contributed by atoms with E-state index in [-0.39, 0.29) is 11.1 Å². The second-order valence-corrected chi connectivity index (χ2v) is 8.73. The second kappa shape index (κ2) is 9.45. The molecule has 0 spiro atoms. The smallest absolute Gasteiger partial charge is 0.335 e. The average molecular weight is 445 g/mol. The van der Waals surface area contributed by atoms with Crippen molar-refractivity contribution in [1.29, 1.82) is 0 Å². The first-order chi connectivity index (χ1) is 15.8. The first-order valence-corrected chi connectivity index (χ1v) is 11.3. The summed E-state index contributed by atoms with van der Waals surface area (Å²) in [6, 6.07) is 14.6. The van der Waals surface area contributed by atoms with E-state index in [0.29, 0.717) is 11.6 Å². The highest BCUT2D eigenvalue weighted by Gasteiger charge is 2.17. The minimum Gasteiger partial charge on any atom is -0.478 e. The largest absolute Gasteiger partial charge is 0.478 e. The summed E-state index contributed by atoms with van der Waals surface area (Å²) in [5.74, 6) is -1.67. The molecule has 1 aliphatic carbocycles. The molecule has 1 heterocycles. The van der Waals surface area contributed by atoms with Crippen molar-refractivity contribution >= 4 is 23.8 Å². The summed E-state index contributed by atoms with van der Waals surface area (Å²) in [6.07, 6.45) is 8.29. The lowest BCUT2D eigenvalue weighted by atomic mass is 9.84. The third kappa shape index (κ3) is 4.90. The topological polar surface area (TPSA) is 91.9 Å². The Morgan fingerprint density at radius 2 is 1.52 bits per heavy atom. The van der Waals surface area contributed by atoms with Crippen LogP contribution in [0.1, 0.15) is 81.3 Å². The number of benzene rings is 2. The Kier molecular flexibility index (Phi) is 6.45. The zero-order valence-corrected chi connectivity index (χ0v) is 18.9. The van der Waals surface area contributed by atoms with E-state index >= 15 is 0 Å². The Labute approximate surface area is 193 Å². The molecule has 0 radical (unpaired) electrons. The van der Waals surface area contributed by atoms with Gasteiger partial charge in [0.15, 0.2) is 0 Å². The van der Waals surface area contributed by atoms with Crippen molar-refractivity contribution in [3.05, 3.63) is 82.2 Å². The number of rotatable bonds is 6. The molecule has 2 N–H and O–H groups in total. The Morgan fingerprint density at radius 3 is 2.09 bits per heavy atom. The normalized spacial score (nSPS) is 14.6. The van der Waals surface area contributed by atoms with Crippen LogP contribution in [0.25, 0.3) is 5.69 Å². The van der Waals surface area contributed by atoms with E-state index in [1.807, 2.05) is 24.5 Å². The summed E-state index contributed by atoms with van der Waals surface area (Å²) in [7, 11) is 0. The number of hydrogen-bond acceptors (Lipinski definition) is 3. The zero-order valence-electron chi connectivity index (χ0n) is 18.9. The van der Waals surface area contributed by atoms with Crippen LogP contribution in [0.4, 0.5) is 5.69 Å². The SMILES string of the molecule is Cc1cc(C=Nc2ccc(C3CCCCC3)cc2)c(C)n1-c1cc(C(=O)O)cc(C(=O)O)c1. The molecular weight excluding hydrogens is 416 g/mol. The Bertz CT molecular complexity index is 1180. The lowest BCUT2D eigenvalue weighted by Gasteiger charge is -2.21. The molecule has 0 bridgehead atoms. The van der Waals surface area contributed by atoms with Crippen LogP contribution in [0.15, 0.2) is 53.5 Å². The molecule has 0 unspecified atom stereocenters. The summed E-state index contributed by atoms with van der Waals surface area (Å²) in [6.45, 7) is 3.81. The Hall–Kier alpha value is -3.67. The van der Waals surface area contributed by atoms with Gasteiger partial charge >= 0.3 is 11.9 Å². The molecule has 4 rings (SSSR count). The fourth-order valence-electron chi connectivity index (χ4n) is 4.72. The second-order valence-electron chi connectivity index (χ2n) is 8.73. The molecule has 1 aliphatic rings. The molecular formula is C27H28N2O4. The van der Waals surface area contributed by atoms with Gasteiger partial charge in [0, 0.05) is 28.9 Å². The maximum Gasteiger partial charge on any atom is 0.335 e. The van der Waals surface area contributed by atoms with Gasteiger partial charge in [-0.1, -0.05) is 31.4 Å². The highest BCUT2D eigenvalue weighted by molar-refractivity contribution is 5.95. The summed E-state index contributed by atoms with van der Waals surface area (Å²) in [5.41, 5.74) is 5.24. The predicted molar refractivity (Wildman–Crippen MR) is 129 cm³/mol. The van der Waals surface area contributed by atoms with Gasteiger partial charge in [0.05, 0.1) is 16.8 Å². The number of hydrogen-bond donors (Lipinski definition) is 2. The monoisotopic (exact) mass is 444 g/mol. The van der Waals surface area contributed by atoms with Crippen LogP contribution in [0.5, 0.6) is 0 Å². The fraction of sp³-hybridized carbons (Fsp3) is 0.296. The van der Waals surface area contributed by atoms with E-state index in [4.69, 9.17) is 0 Å². The van der Waals surface area contributed by atoms with Crippen LogP contribution in [-0.2, 0) is 0 Å². The molecule has 0 atom stereocenters. The molecule has 1 aromatic heterocycles. The van der Waals surface area contributed by atoms with E-state index in [1.54, 1.807) is 6.21 Å². The first-order valence-electron chi connectivity index (χ1n) is 11.3. The third-order valence-corrected chi connectivity index (χ3v) is 6.46. The van der Waals surface area contributed by atoms with Gasteiger partial charge in [0.2, 0.25) is 0 Å².